The Morgan fingerprint density at radius 1 is 1.10 bits per heavy atom. The minimum atomic E-state index is 0.172. The van der Waals surface area contributed by atoms with Gasteiger partial charge in [0.05, 0.1) is 5.60 Å². The van der Waals surface area contributed by atoms with Gasteiger partial charge in [-0.05, 0) is 38.5 Å². The second-order valence-corrected chi connectivity index (χ2v) is 6.80. The Morgan fingerprint density at radius 2 is 1.90 bits per heavy atom. The van der Waals surface area contributed by atoms with E-state index in [0.717, 1.165) is 45.4 Å². The van der Waals surface area contributed by atoms with Crippen molar-refractivity contribution in [2.45, 2.75) is 69.4 Å². The van der Waals surface area contributed by atoms with Gasteiger partial charge in [0.25, 0.3) is 0 Å². The summed E-state index contributed by atoms with van der Waals surface area (Å²) < 4.78 is 6.11. The molecule has 114 valence electrons. The van der Waals surface area contributed by atoms with E-state index in [-0.39, 0.29) is 11.5 Å². The third-order valence-corrected chi connectivity index (χ3v) is 5.06. The van der Waals surface area contributed by atoms with Gasteiger partial charge in [-0.2, -0.15) is 0 Å². The molecule has 3 rings (SSSR count). The standard InChI is InChI=1S/C16H28N2O2/c19-15(13-4-5-13)18-10-9-17-14-6-11-20-16(12-14)7-2-1-3-8-16/h13-14,17H,1-12H2,(H,18,19). The largest absolute Gasteiger partial charge is 0.375 e. The lowest BCUT2D eigenvalue weighted by molar-refractivity contribution is -0.122. The molecular formula is C16H28N2O2. The van der Waals surface area contributed by atoms with Crippen LogP contribution in [-0.4, -0.2) is 37.2 Å². The minimum absolute atomic E-state index is 0.172. The van der Waals surface area contributed by atoms with Crippen LogP contribution in [0.4, 0.5) is 0 Å². The van der Waals surface area contributed by atoms with Gasteiger partial charge < -0.3 is 15.4 Å². The normalized spacial score (nSPS) is 29.3. The summed E-state index contributed by atoms with van der Waals surface area (Å²) in [4.78, 5) is 11.5. The molecule has 20 heavy (non-hydrogen) atoms. The summed E-state index contributed by atoms with van der Waals surface area (Å²) in [6, 6.07) is 0.569. The van der Waals surface area contributed by atoms with Crippen molar-refractivity contribution in [1.82, 2.24) is 10.6 Å². The van der Waals surface area contributed by atoms with E-state index in [1.807, 2.05) is 0 Å². The van der Waals surface area contributed by atoms with Gasteiger partial charge in [0.1, 0.15) is 0 Å². The summed E-state index contributed by atoms with van der Waals surface area (Å²) in [5, 5.41) is 6.64. The van der Waals surface area contributed by atoms with Crippen LogP contribution in [0.15, 0.2) is 0 Å². The van der Waals surface area contributed by atoms with E-state index in [2.05, 4.69) is 10.6 Å². The molecule has 4 heteroatoms. The number of rotatable bonds is 5. The number of nitrogens with one attached hydrogen (secondary N) is 2. The van der Waals surface area contributed by atoms with Gasteiger partial charge in [-0.15, -0.1) is 0 Å². The molecule has 1 heterocycles. The van der Waals surface area contributed by atoms with Crippen LogP contribution in [-0.2, 0) is 9.53 Å². The van der Waals surface area contributed by atoms with E-state index < -0.39 is 0 Å². The van der Waals surface area contributed by atoms with Crippen molar-refractivity contribution in [3.8, 4) is 0 Å². The highest BCUT2D eigenvalue weighted by Gasteiger charge is 2.38. The molecule has 2 saturated carbocycles. The van der Waals surface area contributed by atoms with Gasteiger partial charge >= 0.3 is 0 Å². The highest BCUT2D eigenvalue weighted by atomic mass is 16.5. The first-order chi connectivity index (χ1) is 9.77. The molecule has 1 amide bonds. The van der Waals surface area contributed by atoms with Gasteiger partial charge in [0.2, 0.25) is 5.91 Å². The smallest absolute Gasteiger partial charge is 0.223 e. The van der Waals surface area contributed by atoms with Crippen LogP contribution in [0.2, 0.25) is 0 Å². The van der Waals surface area contributed by atoms with E-state index in [9.17, 15) is 4.79 Å². The summed E-state index contributed by atoms with van der Waals surface area (Å²) in [6.45, 7) is 2.55. The van der Waals surface area contributed by atoms with E-state index in [4.69, 9.17) is 4.74 Å². The Kier molecular flexibility index (Phi) is 4.61. The molecule has 0 aromatic carbocycles. The lowest BCUT2D eigenvalue weighted by atomic mass is 9.78. The van der Waals surface area contributed by atoms with E-state index >= 15 is 0 Å². The molecule has 0 aromatic heterocycles. The average Bonchev–Trinajstić information content (AvgIpc) is 3.29. The molecule has 1 spiro atoms. The first kappa shape index (κ1) is 14.3. The van der Waals surface area contributed by atoms with Crippen LogP contribution >= 0.6 is 0 Å². The molecule has 1 aliphatic heterocycles. The molecule has 0 radical (unpaired) electrons. The summed E-state index contributed by atoms with van der Waals surface area (Å²) in [5.74, 6) is 0.575. The molecule has 0 aromatic rings. The van der Waals surface area contributed by atoms with Crippen LogP contribution in [0.3, 0.4) is 0 Å². The van der Waals surface area contributed by atoms with Gasteiger partial charge in [-0.3, -0.25) is 4.79 Å². The van der Waals surface area contributed by atoms with E-state index in [1.165, 1.54) is 32.1 Å². The lowest BCUT2D eigenvalue weighted by Crippen LogP contribution is -2.49. The Labute approximate surface area is 122 Å². The second-order valence-electron chi connectivity index (χ2n) is 6.80. The number of hydrogen-bond acceptors (Lipinski definition) is 3. The van der Waals surface area contributed by atoms with Gasteiger partial charge in [0.15, 0.2) is 0 Å². The Morgan fingerprint density at radius 3 is 2.65 bits per heavy atom. The van der Waals surface area contributed by atoms with Crippen LogP contribution in [0.25, 0.3) is 0 Å². The zero-order valence-electron chi connectivity index (χ0n) is 12.5. The molecule has 2 N–H and O–H groups in total. The first-order valence-electron chi connectivity index (χ1n) is 8.43. The Bertz CT molecular complexity index is 330. The minimum Gasteiger partial charge on any atom is -0.375 e. The molecule has 1 unspecified atom stereocenters. The Hall–Kier alpha value is -0.610. The molecule has 0 bridgehead atoms. The van der Waals surface area contributed by atoms with Crippen molar-refractivity contribution in [2.24, 2.45) is 5.92 Å². The Balaban J connectivity index is 1.35. The molecule has 3 aliphatic rings. The van der Waals surface area contributed by atoms with Crippen LogP contribution in [0.5, 0.6) is 0 Å². The third-order valence-electron chi connectivity index (χ3n) is 5.06. The van der Waals surface area contributed by atoms with Crippen LogP contribution in [0, 0.1) is 5.92 Å². The monoisotopic (exact) mass is 280 g/mol. The van der Waals surface area contributed by atoms with Gasteiger partial charge in [0, 0.05) is 31.7 Å². The fraction of sp³-hybridized carbons (Fsp3) is 0.938. The van der Waals surface area contributed by atoms with Gasteiger partial charge in [-0.25, -0.2) is 0 Å². The first-order valence-corrected chi connectivity index (χ1v) is 8.43. The van der Waals surface area contributed by atoms with Crippen molar-refractivity contribution in [3.05, 3.63) is 0 Å². The van der Waals surface area contributed by atoms with Crippen LogP contribution < -0.4 is 10.6 Å². The maximum atomic E-state index is 11.5. The predicted octanol–water partition coefficient (Wildman–Crippen LogP) is 1.98. The summed E-state index contributed by atoms with van der Waals surface area (Å²) in [6.07, 6.45) is 10.9. The highest BCUT2D eigenvalue weighted by molar-refractivity contribution is 5.80. The molecule has 2 aliphatic carbocycles. The molecular weight excluding hydrogens is 252 g/mol. The maximum absolute atomic E-state index is 11.5. The summed E-state index contributed by atoms with van der Waals surface area (Å²) in [7, 11) is 0. The van der Waals surface area contributed by atoms with Crippen molar-refractivity contribution in [3.63, 3.8) is 0 Å². The number of ether oxygens (including phenoxy) is 1. The third kappa shape index (κ3) is 3.73. The maximum Gasteiger partial charge on any atom is 0.223 e. The number of carbonyl (C=O) groups excluding carboxylic acids is 1. The zero-order chi connectivity index (χ0) is 13.8. The summed E-state index contributed by atoms with van der Waals surface area (Å²) >= 11 is 0. The fourth-order valence-corrected chi connectivity index (χ4v) is 3.70. The molecule has 4 nitrogen and oxygen atoms in total. The quantitative estimate of drug-likeness (QED) is 0.757. The fourth-order valence-electron chi connectivity index (χ4n) is 3.70. The van der Waals surface area contributed by atoms with Crippen molar-refractivity contribution >= 4 is 5.91 Å². The highest BCUT2D eigenvalue weighted by Crippen LogP contribution is 2.38. The van der Waals surface area contributed by atoms with E-state index in [1.54, 1.807) is 0 Å². The molecule has 1 atom stereocenters. The van der Waals surface area contributed by atoms with Crippen LogP contribution in [0.1, 0.15) is 57.8 Å². The number of amides is 1. The van der Waals surface area contributed by atoms with Crippen molar-refractivity contribution in [2.75, 3.05) is 19.7 Å². The van der Waals surface area contributed by atoms with Crippen molar-refractivity contribution < 1.29 is 9.53 Å². The predicted molar refractivity (Wildman–Crippen MR) is 78.5 cm³/mol. The molecule has 1 saturated heterocycles. The van der Waals surface area contributed by atoms with Gasteiger partial charge in [-0.1, -0.05) is 19.3 Å². The number of hydrogen-bond donors (Lipinski definition) is 2. The second kappa shape index (κ2) is 6.44. The summed E-state index contributed by atoms with van der Waals surface area (Å²) in [5.41, 5.74) is 0.172. The lowest BCUT2D eigenvalue weighted by Gasteiger charge is -2.43. The number of carbonyl (C=O) groups is 1. The van der Waals surface area contributed by atoms with Crippen molar-refractivity contribution in [1.29, 1.82) is 0 Å². The van der Waals surface area contributed by atoms with E-state index in [0.29, 0.717) is 12.0 Å². The SMILES string of the molecule is O=C(NCCNC1CCOC2(CCCCC2)C1)C1CC1. The molecule has 3 fully saturated rings. The average molecular weight is 280 g/mol. The topological polar surface area (TPSA) is 50.4 Å². The zero-order valence-corrected chi connectivity index (χ0v) is 12.5.